The average Bonchev–Trinajstić information content (AvgIpc) is 3.04. The van der Waals surface area contributed by atoms with Crippen LogP contribution in [-0.4, -0.2) is 53.4 Å². The number of nitrogens with zero attached hydrogens (tertiary/aromatic N) is 4. The summed E-state index contributed by atoms with van der Waals surface area (Å²) in [5.41, 5.74) is 4.01. The summed E-state index contributed by atoms with van der Waals surface area (Å²) in [6.07, 6.45) is 0. The van der Waals surface area contributed by atoms with E-state index in [2.05, 4.69) is 49.8 Å². The Kier molecular flexibility index (Phi) is 14.3. The van der Waals surface area contributed by atoms with Gasteiger partial charge < -0.3 is 21.5 Å². The van der Waals surface area contributed by atoms with E-state index in [9.17, 15) is 40.6 Å². The van der Waals surface area contributed by atoms with Crippen LogP contribution in [0.15, 0.2) is 88.6 Å². The first-order chi connectivity index (χ1) is 24.4. The van der Waals surface area contributed by atoms with E-state index in [4.69, 9.17) is 16.2 Å². The Hall–Kier alpha value is -4.84. The van der Waals surface area contributed by atoms with Crippen LogP contribution in [0.2, 0.25) is 0 Å². The van der Waals surface area contributed by atoms with Crippen LogP contribution in [0.3, 0.4) is 0 Å². The van der Waals surface area contributed by atoms with Gasteiger partial charge in [-0.1, -0.05) is 17.5 Å². The van der Waals surface area contributed by atoms with Gasteiger partial charge in [0.25, 0.3) is 20.2 Å². The Morgan fingerprint density at radius 1 is 0.717 bits per heavy atom. The number of amides is 2. The van der Waals surface area contributed by atoms with E-state index in [-0.39, 0.29) is 57.1 Å². The minimum Gasteiger partial charge on any atom is -0.505 e. The van der Waals surface area contributed by atoms with Gasteiger partial charge in [-0.3, -0.25) is 18.7 Å². The molecule has 4 aromatic carbocycles. The predicted octanol–water partition coefficient (Wildman–Crippen LogP) is 6.86. The van der Waals surface area contributed by atoms with Crippen LogP contribution in [0, 0.1) is 0 Å². The quantitative estimate of drug-likeness (QED) is 0.0161. The van der Waals surface area contributed by atoms with Crippen molar-refractivity contribution in [1.82, 2.24) is 0 Å². The molecule has 0 atom stereocenters. The molecule has 0 radical (unpaired) electrons. The third-order valence-electron chi connectivity index (χ3n) is 6.25. The van der Waals surface area contributed by atoms with Gasteiger partial charge in [0.15, 0.2) is 5.75 Å². The highest BCUT2D eigenvalue weighted by molar-refractivity contribution is 7.95. The number of rotatable bonds is 14. The zero-order valence-electron chi connectivity index (χ0n) is 25.9. The van der Waals surface area contributed by atoms with Gasteiger partial charge in [-0.2, -0.15) is 16.8 Å². The number of anilines is 3. The van der Waals surface area contributed by atoms with Gasteiger partial charge in [0.2, 0.25) is 11.8 Å². The summed E-state index contributed by atoms with van der Waals surface area (Å²) in [7, 11) is -10.1. The number of azo groups is 2. The molecule has 9 N–H and O–H groups in total. The number of phenolic OH excluding ortho intramolecular Hbond substituents is 1. The van der Waals surface area contributed by atoms with Crippen molar-refractivity contribution >= 4 is 107 Å². The van der Waals surface area contributed by atoms with Crippen LogP contribution >= 0.6 is 24.1 Å². The fraction of sp³-hybridized carbons (Fsp3) is 0.111. The van der Waals surface area contributed by atoms with Gasteiger partial charge in [0.1, 0.15) is 32.5 Å². The summed E-state index contributed by atoms with van der Waals surface area (Å²) in [6, 6.07) is 9.06. The van der Waals surface area contributed by atoms with E-state index < -0.39 is 70.3 Å². The van der Waals surface area contributed by atoms with Crippen LogP contribution in [-0.2, 0) is 48.6 Å². The number of nitrogens with one attached hydrogen (secondary N) is 2. The van der Waals surface area contributed by atoms with Crippen LogP contribution in [0.5, 0.6) is 5.75 Å². The van der Waals surface area contributed by atoms with Gasteiger partial charge in [0, 0.05) is 25.2 Å². The second-order valence-corrected chi connectivity index (χ2v) is 14.1. The second kappa shape index (κ2) is 17.8. The smallest absolute Gasteiger partial charge is 0.296 e. The Balaban J connectivity index is 0.00000756. The van der Waals surface area contributed by atoms with E-state index in [1.54, 1.807) is 0 Å². The molecule has 53 heavy (non-hydrogen) atoms. The van der Waals surface area contributed by atoms with Crippen molar-refractivity contribution in [3.63, 3.8) is 0 Å². The number of carbonyl (C=O) groups excluding carboxylic acids is 2. The molecule has 22 nitrogen and oxygen atoms in total. The highest BCUT2D eigenvalue weighted by Gasteiger charge is 2.26. The number of nitrogens with two attached hydrogens (primary N) is 1. The zero-order valence-corrected chi connectivity index (χ0v) is 29.2. The Labute approximate surface area is 307 Å². The lowest BCUT2D eigenvalue weighted by Crippen LogP contribution is -2.06. The van der Waals surface area contributed by atoms with Crippen molar-refractivity contribution in [2.24, 2.45) is 20.5 Å². The maximum Gasteiger partial charge on any atom is 0.296 e. The molecule has 0 spiro atoms. The Morgan fingerprint density at radius 3 is 1.77 bits per heavy atom. The molecule has 4 aromatic rings. The van der Waals surface area contributed by atoms with Gasteiger partial charge >= 0.3 is 0 Å². The molecule has 2 amide bonds. The van der Waals surface area contributed by atoms with Crippen molar-refractivity contribution in [1.29, 1.82) is 0 Å². The Morgan fingerprint density at radius 2 is 1.23 bits per heavy atom. The number of phenols is 1. The number of nitrogen functional groups attached to an aromatic ring is 1. The number of hydrogen-bond donors (Lipinski definition) is 8. The molecule has 0 unspecified atom stereocenters. The van der Waals surface area contributed by atoms with Gasteiger partial charge in [-0.05, 0) is 53.9 Å². The maximum atomic E-state index is 12.5. The number of fused-ring (bicyclic) bond motifs is 1. The van der Waals surface area contributed by atoms with Crippen LogP contribution < -0.4 is 16.4 Å². The van der Waals surface area contributed by atoms with Crippen molar-refractivity contribution in [2.45, 2.75) is 40.9 Å². The lowest BCUT2D eigenvalue weighted by Gasteiger charge is -2.14. The SMILES string of the molecule is C.CC(=O)Nc1ccc(SOOO)c(N=Nc2c(S(=O)(=O)O)cc3cc(SOOO)c(N=Nc4cc(NC(C)=O)ccc4S(=O)(=O)O)c(O)c3c2N)c1. The summed E-state index contributed by atoms with van der Waals surface area (Å²) in [5, 5.41) is 55.8. The first-order valence-corrected chi connectivity index (χ1v) is 17.8. The molecule has 4 rings (SSSR count). The molecular weight excluding hydrogens is 791 g/mol. The van der Waals surface area contributed by atoms with Crippen LogP contribution in [0.1, 0.15) is 21.3 Å². The second-order valence-electron chi connectivity index (χ2n) is 9.84. The highest BCUT2D eigenvalue weighted by Crippen LogP contribution is 2.50. The number of carbonyl (C=O) groups is 2. The van der Waals surface area contributed by atoms with E-state index in [0.717, 1.165) is 30.3 Å². The van der Waals surface area contributed by atoms with Crippen molar-refractivity contribution in [3.05, 3.63) is 48.5 Å². The molecule has 0 bridgehead atoms. The third-order valence-corrected chi connectivity index (χ3v) is 9.29. The van der Waals surface area contributed by atoms with Gasteiger partial charge in [-0.15, -0.1) is 29.1 Å². The summed E-state index contributed by atoms with van der Waals surface area (Å²) in [5.74, 6) is -1.87. The van der Waals surface area contributed by atoms with E-state index in [0.29, 0.717) is 12.0 Å². The molecule has 0 heterocycles. The topological polar surface area (TPSA) is 340 Å². The average molecular weight is 818 g/mol. The molecule has 26 heteroatoms. The largest absolute Gasteiger partial charge is 0.505 e. The number of benzene rings is 4. The van der Waals surface area contributed by atoms with E-state index in [1.807, 2.05) is 0 Å². The molecule has 0 saturated heterocycles. The number of aromatic hydroxyl groups is 1. The van der Waals surface area contributed by atoms with Crippen molar-refractivity contribution in [2.75, 3.05) is 16.4 Å². The van der Waals surface area contributed by atoms with Crippen LogP contribution in [0.25, 0.3) is 10.8 Å². The summed E-state index contributed by atoms with van der Waals surface area (Å²) in [6.45, 7) is 2.40. The molecular formula is C27H27N7O15S4. The highest BCUT2D eigenvalue weighted by atomic mass is 32.2. The standard InChI is InChI=1S/C26H23N7O15S4.CH4/c1-11(34)28-14-3-5-18(49-47-45-37)16(9-14)30-33-25-21(52(42,43)44)8-13-7-19(50-48-46-38)24(26(36)22(13)23(25)27)32-31-17-10-15(29-12(2)35)4-6-20(17)51(39,40)41;/h3-10,36-38H,27H2,1-2H3,(H,28,34)(H,29,35)(H,39,40,41)(H,42,43,44);1H4. The molecule has 0 aromatic heterocycles. The lowest BCUT2D eigenvalue weighted by atomic mass is 10.1. The third kappa shape index (κ3) is 10.6. The maximum absolute atomic E-state index is 12.5. The fourth-order valence-corrected chi connectivity index (χ4v) is 6.51. The Bertz CT molecular complexity index is 2340. The predicted molar refractivity (Wildman–Crippen MR) is 188 cm³/mol. The summed E-state index contributed by atoms with van der Waals surface area (Å²) < 4.78 is 77.9. The zero-order chi connectivity index (χ0) is 38.4. The van der Waals surface area contributed by atoms with E-state index in [1.165, 1.54) is 32.0 Å². The normalized spacial score (nSPS) is 12.0. The van der Waals surface area contributed by atoms with Crippen molar-refractivity contribution in [3.8, 4) is 5.75 Å². The molecule has 0 fully saturated rings. The lowest BCUT2D eigenvalue weighted by molar-refractivity contribution is -0.432. The molecule has 0 saturated carbocycles. The minimum atomic E-state index is -5.14. The minimum absolute atomic E-state index is 0. The summed E-state index contributed by atoms with van der Waals surface area (Å²) >= 11 is 0.631. The van der Waals surface area contributed by atoms with Crippen molar-refractivity contribution < 1.29 is 69.9 Å². The first kappa shape index (κ1) is 42.6. The molecule has 0 aliphatic rings. The van der Waals surface area contributed by atoms with E-state index >= 15 is 0 Å². The number of hydrogen-bond acceptors (Lipinski definition) is 20. The monoisotopic (exact) mass is 817 g/mol. The van der Waals surface area contributed by atoms with Gasteiger partial charge in [-0.25, -0.2) is 10.5 Å². The molecule has 0 aliphatic carbocycles. The first-order valence-electron chi connectivity index (χ1n) is 13.5. The molecule has 0 aliphatic heterocycles. The fourth-order valence-electron chi connectivity index (χ4n) is 4.32. The van der Waals surface area contributed by atoms with Gasteiger partial charge in [0.05, 0.1) is 45.0 Å². The summed E-state index contributed by atoms with van der Waals surface area (Å²) in [4.78, 5) is 21.3. The van der Waals surface area contributed by atoms with Crippen LogP contribution in [0.4, 0.5) is 39.8 Å². The molecule has 284 valence electrons.